The number of esters is 2. The van der Waals surface area contributed by atoms with Crippen LogP contribution in [0.25, 0.3) is 11.0 Å². The highest BCUT2D eigenvalue weighted by atomic mass is 16.5. The van der Waals surface area contributed by atoms with Gasteiger partial charge in [0.2, 0.25) is 0 Å². The predicted octanol–water partition coefficient (Wildman–Crippen LogP) is 1.18. The summed E-state index contributed by atoms with van der Waals surface area (Å²) in [5, 5.41) is 0. The van der Waals surface area contributed by atoms with E-state index in [0.29, 0.717) is 11.1 Å². The van der Waals surface area contributed by atoms with Crippen molar-refractivity contribution in [2.75, 3.05) is 6.61 Å². The molecule has 29 heavy (non-hydrogen) atoms. The number of H-pyrrole nitrogens is 1. The molecule has 1 aliphatic heterocycles. The van der Waals surface area contributed by atoms with E-state index in [4.69, 9.17) is 9.47 Å². The standard InChI is InChI=1S/C20H19N3O6/c1-4-28-19(26)12-9-21-18(25)16-11(8-15(24)29-17(12)16)10-5-6-13-14(7-10)23(3)20(27)22(13)2/h5-7,9,11H,4,8H2,1-3H3,(H,21,25). The first-order valence-corrected chi connectivity index (χ1v) is 9.12. The number of nitrogens with zero attached hydrogens (tertiary/aromatic N) is 2. The number of ether oxygens (including phenoxy) is 2. The molecule has 0 radical (unpaired) electrons. The Morgan fingerprint density at radius 1 is 1.21 bits per heavy atom. The van der Waals surface area contributed by atoms with E-state index in [0.717, 1.165) is 5.52 Å². The Kier molecular flexibility index (Phi) is 4.37. The van der Waals surface area contributed by atoms with Gasteiger partial charge in [-0.25, -0.2) is 9.59 Å². The first-order valence-electron chi connectivity index (χ1n) is 9.12. The molecule has 1 unspecified atom stereocenters. The number of nitrogens with one attached hydrogen (secondary N) is 1. The summed E-state index contributed by atoms with van der Waals surface area (Å²) in [5.41, 5.74) is 1.63. The van der Waals surface area contributed by atoms with Gasteiger partial charge in [0.25, 0.3) is 5.56 Å². The largest absolute Gasteiger partial charge is 0.462 e. The highest BCUT2D eigenvalue weighted by molar-refractivity contribution is 5.95. The number of carbonyl (C=O) groups is 2. The summed E-state index contributed by atoms with van der Waals surface area (Å²) in [6.07, 6.45) is 1.13. The third-order valence-electron chi connectivity index (χ3n) is 5.21. The van der Waals surface area contributed by atoms with Crippen molar-refractivity contribution in [3.63, 3.8) is 0 Å². The Bertz CT molecular complexity index is 1280. The molecule has 1 aromatic carbocycles. The summed E-state index contributed by atoms with van der Waals surface area (Å²) in [6, 6.07) is 5.32. The van der Waals surface area contributed by atoms with E-state index in [1.165, 1.54) is 15.3 Å². The minimum Gasteiger partial charge on any atom is -0.462 e. The molecule has 3 heterocycles. The van der Waals surface area contributed by atoms with Gasteiger partial charge in [-0.2, -0.15) is 0 Å². The average molecular weight is 397 g/mol. The van der Waals surface area contributed by atoms with Crippen LogP contribution < -0.4 is 16.0 Å². The predicted molar refractivity (Wildman–Crippen MR) is 103 cm³/mol. The van der Waals surface area contributed by atoms with Gasteiger partial charge >= 0.3 is 17.6 Å². The van der Waals surface area contributed by atoms with Crippen LogP contribution in [-0.4, -0.2) is 32.7 Å². The molecular weight excluding hydrogens is 378 g/mol. The van der Waals surface area contributed by atoms with Gasteiger partial charge in [-0.1, -0.05) is 6.07 Å². The van der Waals surface area contributed by atoms with E-state index in [2.05, 4.69) is 4.98 Å². The molecule has 0 bridgehead atoms. The number of fused-ring (bicyclic) bond motifs is 2. The number of aromatic nitrogens is 3. The van der Waals surface area contributed by atoms with Gasteiger partial charge in [0, 0.05) is 26.2 Å². The smallest absolute Gasteiger partial charge is 0.343 e. The average Bonchev–Trinajstić information content (AvgIpc) is 2.91. The maximum Gasteiger partial charge on any atom is 0.343 e. The van der Waals surface area contributed by atoms with Crippen molar-refractivity contribution in [3.05, 3.63) is 61.9 Å². The maximum absolute atomic E-state index is 12.6. The summed E-state index contributed by atoms with van der Waals surface area (Å²) in [5.74, 6) is -1.94. The van der Waals surface area contributed by atoms with Gasteiger partial charge in [-0.05, 0) is 24.6 Å². The lowest BCUT2D eigenvalue weighted by molar-refractivity contribution is -0.135. The molecule has 150 valence electrons. The lowest BCUT2D eigenvalue weighted by Gasteiger charge is -2.25. The van der Waals surface area contributed by atoms with Crippen molar-refractivity contribution in [3.8, 4) is 5.75 Å². The molecule has 0 aliphatic carbocycles. The molecule has 4 rings (SSSR count). The molecule has 1 N–H and O–H groups in total. The molecule has 0 saturated carbocycles. The quantitative estimate of drug-likeness (QED) is 0.664. The second kappa shape index (κ2) is 6.77. The third-order valence-corrected chi connectivity index (χ3v) is 5.21. The Labute approximate surface area is 164 Å². The zero-order valence-corrected chi connectivity index (χ0v) is 16.1. The molecule has 0 spiro atoms. The van der Waals surface area contributed by atoms with Crippen LogP contribution in [-0.2, 0) is 23.6 Å². The van der Waals surface area contributed by atoms with Gasteiger partial charge in [0.15, 0.2) is 5.75 Å². The summed E-state index contributed by atoms with van der Waals surface area (Å²) in [6.45, 7) is 1.80. The van der Waals surface area contributed by atoms with Gasteiger partial charge < -0.3 is 14.5 Å². The first kappa shape index (κ1) is 18.7. The fourth-order valence-corrected chi connectivity index (χ4v) is 3.77. The molecule has 9 heteroatoms. The number of pyridine rings is 1. The van der Waals surface area contributed by atoms with E-state index in [9.17, 15) is 19.2 Å². The van der Waals surface area contributed by atoms with Crippen LogP contribution >= 0.6 is 0 Å². The number of rotatable bonds is 3. The third kappa shape index (κ3) is 2.86. The van der Waals surface area contributed by atoms with Crippen LogP contribution in [0, 0.1) is 0 Å². The molecule has 3 aromatic rings. The van der Waals surface area contributed by atoms with E-state index in [-0.39, 0.29) is 35.6 Å². The summed E-state index contributed by atoms with van der Waals surface area (Å²) >= 11 is 0. The second-order valence-electron chi connectivity index (χ2n) is 6.87. The highest BCUT2D eigenvalue weighted by Crippen LogP contribution is 2.39. The van der Waals surface area contributed by atoms with Crippen LogP contribution in [0.2, 0.25) is 0 Å². The highest BCUT2D eigenvalue weighted by Gasteiger charge is 2.35. The molecule has 0 saturated heterocycles. The van der Waals surface area contributed by atoms with Crippen LogP contribution in [0.4, 0.5) is 0 Å². The number of imidazole rings is 1. The number of benzene rings is 1. The van der Waals surface area contributed by atoms with Crippen molar-refractivity contribution < 1.29 is 19.1 Å². The molecule has 1 aliphatic rings. The number of carbonyl (C=O) groups excluding carboxylic acids is 2. The maximum atomic E-state index is 12.6. The van der Waals surface area contributed by atoms with Crippen LogP contribution in [0.15, 0.2) is 34.0 Å². The van der Waals surface area contributed by atoms with Gasteiger partial charge in [0.05, 0.1) is 29.6 Å². The van der Waals surface area contributed by atoms with Gasteiger partial charge in [-0.3, -0.25) is 18.7 Å². The number of hydrogen-bond donors (Lipinski definition) is 1. The number of hydrogen-bond acceptors (Lipinski definition) is 6. The Morgan fingerprint density at radius 2 is 1.93 bits per heavy atom. The zero-order chi connectivity index (χ0) is 20.9. The van der Waals surface area contributed by atoms with E-state index >= 15 is 0 Å². The van der Waals surface area contributed by atoms with E-state index < -0.39 is 23.4 Å². The van der Waals surface area contributed by atoms with Crippen molar-refractivity contribution >= 4 is 23.0 Å². The van der Waals surface area contributed by atoms with Crippen molar-refractivity contribution in [1.29, 1.82) is 0 Å². The first-order chi connectivity index (χ1) is 13.8. The van der Waals surface area contributed by atoms with E-state index in [1.807, 2.05) is 0 Å². The fraction of sp³-hybridized carbons (Fsp3) is 0.300. The number of aryl methyl sites for hydroxylation is 2. The summed E-state index contributed by atoms with van der Waals surface area (Å²) in [4.78, 5) is 51.9. The van der Waals surface area contributed by atoms with Crippen LogP contribution in [0.5, 0.6) is 5.75 Å². The molecule has 9 nitrogen and oxygen atoms in total. The molecule has 0 amide bonds. The summed E-state index contributed by atoms with van der Waals surface area (Å²) in [7, 11) is 3.33. The van der Waals surface area contributed by atoms with Crippen molar-refractivity contribution in [2.45, 2.75) is 19.3 Å². The minimum atomic E-state index is -0.686. The number of aromatic amines is 1. The van der Waals surface area contributed by atoms with Gasteiger partial charge in [0.1, 0.15) is 5.56 Å². The Morgan fingerprint density at radius 3 is 2.66 bits per heavy atom. The Hall–Kier alpha value is -3.62. The fourth-order valence-electron chi connectivity index (χ4n) is 3.77. The monoisotopic (exact) mass is 397 g/mol. The van der Waals surface area contributed by atoms with Crippen molar-refractivity contribution in [1.82, 2.24) is 14.1 Å². The SMILES string of the molecule is CCOC(=O)c1c[nH]c(=O)c2c1OC(=O)CC2c1ccc2c(c1)n(C)c(=O)n2C. The zero-order valence-electron chi connectivity index (χ0n) is 16.1. The minimum absolute atomic E-state index is 0.00677. The molecule has 2 aromatic heterocycles. The Balaban J connectivity index is 1.93. The van der Waals surface area contributed by atoms with Crippen LogP contribution in [0.3, 0.4) is 0 Å². The molecular formula is C20H19N3O6. The molecule has 1 atom stereocenters. The lowest BCUT2D eigenvalue weighted by Crippen LogP contribution is -2.30. The van der Waals surface area contributed by atoms with Crippen LogP contribution in [0.1, 0.15) is 40.7 Å². The van der Waals surface area contributed by atoms with E-state index in [1.54, 1.807) is 39.2 Å². The normalized spacial score (nSPS) is 15.8. The second-order valence-corrected chi connectivity index (χ2v) is 6.87. The van der Waals surface area contributed by atoms with Gasteiger partial charge in [-0.15, -0.1) is 0 Å². The topological polar surface area (TPSA) is 112 Å². The lowest BCUT2D eigenvalue weighted by atomic mass is 9.86. The molecule has 0 fully saturated rings. The van der Waals surface area contributed by atoms with Crippen molar-refractivity contribution in [2.24, 2.45) is 14.1 Å². The summed E-state index contributed by atoms with van der Waals surface area (Å²) < 4.78 is 13.3.